The Morgan fingerprint density at radius 3 is 2.89 bits per heavy atom. The molecule has 8 nitrogen and oxygen atoms in total. The van der Waals surface area contributed by atoms with Crippen LogP contribution in [-0.2, 0) is 17.8 Å². The summed E-state index contributed by atoms with van der Waals surface area (Å²) < 4.78 is 0. The van der Waals surface area contributed by atoms with Crippen molar-refractivity contribution in [2.75, 3.05) is 6.61 Å². The van der Waals surface area contributed by atoms with E-state index >= 15 is 0 Å². The topological polar surface area (TPSA) is 115 Å². The molecule has 0 atom stereocenters. The van der Waals surface area contributed by atoms with Crippen LogP contribution in [0.4, 0.5) is 0 Å². The first kappa shape index (κ1) is 17.6. The van der Waals surface area contributed by atoms with Gasteiger partial charge in [0.25, 0.3) is 5.91 Å². The number of hydrogen-bond donors (Lipinski definition) is 4. The van der Waals surface area contributed by atoms with E-state index in [4.69, 9.17) is 0 Å². The van der Waals surface area contributed by atoms with E-state index in [1.165, 1.54) is 12.8 Å². The Morgan fingerprint density at radius 1 is 1.33 bits per heavy atom. The molecule has 0 bridgehead atoms. The van der Waals surface area contributed by atoms with Gasteiger partial charge < -0.3 is 15.4 Å². The molecule has 0 radical (unpaired) electrons. The number of amides is 1. The fraction of sp³-hybridized carbons (Fsp3) is 0.368. The zero-order chi connectivity index (χ0) is 18.8. The van der Waals surface area contributed by atoms with Gasteiger partial charge in [-0.1, -0.05) is 0 Å². The molecule has 0 aromatic carbocycles. The van der Waals surface area contributed by atoms with Crippen molar-refractivity contribution in [3.63, 3.8) is 0 Å². The van der Waals surface area contributed by atoms with Gasteiger partial charge in [-0.25, -0.2) is 5.43 Å². The number of nitrogens with one attached hydrogen (secondary N) is 3. The van der Waals surface area contributed by atoms with Crippen molar-refractivity contribution >= 4 is 17.7 Å². The predicted octanol–water partition coefficient (Wildman–Crippen LogP) is 0.817. The molecule has 140 valence electrons. The van der Waals surface area contributed by atoms with Gasteiger partial charge in [-0.2, -0.15) is 5.10 Å². The first-order valence-electron chi connectivity index (χ1n) is 9.08. The average molecular weight is 366 g/mol. The molecule has 1 aliphatic carbocycles. The number of H-pyrrole nitrogens is 1. The summed E-state index contributed by atoms with van der Waals surface area (Å²) in [5.41, 5.74) is 8.00. The van der Waals surface area contributed by atoms with Gasteiger partial charge in [-0.05, 0) is 43.4 Å². The van der Waals surface area contributed by atoms with Crippen molar-refractivity contribution in [3.05, 3.63) is 52.4 Å². The van der Waals surface area contributed by atoms with E-state index in [1.54, 1.807) is 18.6 Å². The largest absolute Gasteiger partial charge is 0.396 e. The van der Waals surface area contributed by atoms with Crippen LogP contribution >= 0.6 is 0 Å². The Morgan fingerprint density at radius 2 is 2.19 bits per heavy atom. The standard InChI is InChI=1S/C19H22N6O2/c1-11-13(4-7-26)15(9-22-12-2-3-12)16(23-11)8-14-18(24-25-19(14)27)17-10-20-5-6-21-17/h5-6,8,10,12,22-23,26H,2-4,7,9H2,1H3,(H,25,27). The zero-order valence-electron chi connectivity index (χ0n) is 15.1. The molecule has 3 heterocycles. The molecule has 2 aliphatic rings. The Kier molecular flexibility index (Phi) is 4.83. The second-order valence-electron chi connectivity index (χ2n) is 6.80. The van der Waals surface area contributed by atoms with Gasteiger partial charge in [-0.3, -0.25) is 14.8 Å². The van der Waals surface area contributed by atoms with Crippen LogP contribution in [0.3, 0.4) is 0 Å². The number of carbonyl (C=O) groups is 1. The van der Waals surface area contributed by atoms with Crippen molar-refractivity contribution in [1.82, 2.24) is 25.7 Å². The van der Waals surface area contributed by atoms with E-state index in [9.17, 15) is 9.90 Å². The summed E-state index contributed by atoms with van der Waals surface area (Å²) in [6.07, 6.45) is 9.51. The van der Waals surface area contributed by atoms with Crippen molar-refractivity contribution in [1.29, 1.82) is 0 Å². The number of aromatic amines is 1. The number of nitrogens with zero attached hydrogens (tertiary/aromatic N) is 3. The molecule has 4 N–H and O–H groups in total. The van der Waals surface area contributed by atoms with Gasteiger partial charge in [0.1, 0.15) is 11.4 Å². The third kappa shape index (κ3) is 3.67. The van der Waals surface area contributed by atoms with E-state index in [1.807, 2.05) is 13.0 Å². The summed E-state index contributed by atoms with van der Waals surface area (Å²) in [5, 5.41) is 17.1. The summed E-state index contributed by atoms with van der Waals surface area (Å²) in [6, 6.07) is 0.564. The van der Waals surface area contributed by atoms with Crippen molar-refractivity contribution in [2.24, 2.45) is 5.10 Å². The van der Waals surface area contributed by atoms with Gasteiger partial charge in [0.05, 0.1) is 11.8 Å². The summed E-state index contributed by atoms with van der Waals surface area (Å²) in [5.74, 6) is -0.271. The molecule has 1 saturated carbocycles. The third-order valence-electron chi connectivity index (χ3n) is 4.83. The molecular weight excluding hydrogens is 344 g/mol. The van der Waals surface area contributed by atoms with Crippen LogP contribution in [0.1, 0.15) is 41.1 Å². The van der Waals surface area contributed by atoms with Crippen molar-refractivity contribution in [3.8, 4) is 0 Å². The minimum atomic E-state index is -0.271. The van der Waals surface area contributed by atoms with E-state index in [-0.39, 0.29) is 12.5 Å². The molecule has 1 fully saturated rings. The summed E-state index contributed by atoms with van der Waals surface area (Å²) in [7, 11) is 0. The maximum absolute atomic E-state index is 12.4. The van der Waals surface area contributed by atoms with Gasteiger partial charge in [0.2, 0.25) is 0 Å². The van der Waals surface area contributed by atoms with E-state index in [2.05, 4.69) is 30.8 Å². The van der Waals surface area contributed by atoms with Crippen molar-refractivity contribution in [2.45, 2.75) is 38.8 Å². The second kappa shape index (κ2) is 7.42. The lowest BCUT2D eigenvalue weighted by atomic mass is 10.0. The number of aryl methyl sites for hydroxylation is 1. The van der Waals surface area contributed by atoms with Crippen LogP contribution in [0.25, 0.3) is 6.08 Å². The smallest absolute Gasteiger partial charge is 0.273 e. The van der Waals surface area contributed by atoms with E-state index in [0.29, 0.717) is 36.0 Å². The van der Waals surface area contributed by atoms with Crippen LogP contribution in [0.5, 0.6) is 0 Å². The van der Waals surface area contributed by atoms with Crippen LogP contribution in [0.15, 0.2) is 29.3 Å². The molecule has 0 spiro atoms. The highest BCUT2D eigenvalue weighted by Crippen LogP contribution is 2.26. The highest BCUT2D eigenvalue weighted by molar-refractivity contribution is 6.32. The summed E-state index contributed by atoms with van der Waals surface area (Å²) in [6.45, 7) is 2.76. The molecule has 8 heteroatoms. The molecule has 0 saturated heterocycles. The number of hydrogen-bond acceptors (Lipinski definition) is 6. The molecule has 0 unspecified atom stereocenters. The summed E-state index contributed by atoms with van der Waals surface area (Å²) >= 11 is 0. The van der Waals surface area contributed by atoms with Crippen LogP contribution in [-0.4, -0.2) is 44.3 Å². The van der Waals surface area contributed by atoms with E-state index < -0.39 is 0 Å². The third-order valence-corrected chi connectivity index (χ3v) is 4.83. The number of rotatable bonds is 7. The molecule has 2 aromatic rings. The molecule has 1 aliphatic heterocycles. The first-order chi connectivity index (χ1) is 13.2. The van der Waals surface area contributed by atoms with Crippen LogP contribution in [0, 0.1) is 6.92 Å². The molecule has 27 heavy (non-hydrogen) atoms. The molecule has 1 amide bonds. The van der Waals surface area contributed by atoms with Gasteiger partial charge in [0.15, 0.2) is 0 Å². The van der Waals surface area contributed by atoms with E-state index in [0.717, 1.165) is 22.5 Å². The quantitative estimate of drug-likeness (QED) is 0.542. The Bertz CT molecular complexity index is 912. The zero-order valence-corrected chi connectivity index (χ0v) is 15.1. The number of aliphatic hydroxyl groups excluding tert-OH is 1. The Labute approximate surface area is 156 Å². The number of aliphatic hydroxyl groups is 1. The lowest BCUT2D eigenvalue weighted by molar-refractivity contribution is -0.116. The number of hydrazone groups is 1. The van der Waals surface area contributed by atoms with Crippen LogP contribution in [0.2, 0.25) is 0 Å². The lowest BCUT2D eigenvalue weighted by Gasteiger charge is -2.07. The van der Waals surface area contributed by atoms with Crippen molar-refractivity contribution < 1.29 is 9.90 Å². The normalized spacial score (nSPS) is 18.1. The predicted molar refractivity (Wildman–Crippen MR) is 101 cm³/mol. The number of carbonyl (C=O) groups excluding carboxylic acids is 1. The summed E-state index contributed by atoms with van der Waals surface area (Å²) in [4.78, 5) is 24.0. The minimum absolute atomic E-state index is 0.0813. The van der Waals surface area contributed by atoms with Crippen LogP contribution < -0.4 is 10.7 Å². The molecule has 4 rings (SSSR count). The average Bonchev–Trinajstić information content (AvgIpc) is 3.37. The SMILES string of the molecule is Cc1[nH]c(C=C2C(=O)NN=C2c2cnccn2)c(CNC2CC2)c1CCO. The minimum Gasteiger partial charge on any atom is -0.396 e. The fourth-order valence-electron chi connectivity index (χ4n) is 3.28. The second-order valence-corrected chi connectivity index (χ2v) is 6.80. The van der Waals surface area contributed by atoms with Gasteiger partial charge in [-0.15, -0.1) is 0 Å². The monoisotopic (exact) mass is 366 g/mol. The lowest BCUT2D eigenvalue weighted by Crippen LogP contribution is -2.17. The number of aromatic nitrogens is 3. The molecule has 2 aromatic heterocycles. The van der Waals surface area contributed by atoms with Gasteiger partial charge in [0, 0.05) is 43.0 Å². The highest BCUT2D eigenvalue weighted by atomic mass is 16.3. The fourth-order valence-corrected chi connectivity index (χ4v) is 3.28. The first-order valence-corrected chi connectivity index (χ1v) is 9.08. The van der Waals surface area contributed by atoms with Gasteiger partial charge >= 0.3 is 0 Å². The maximum atomic E-state index is 12.4. The molecular formula is C19H22N6O2. The Hall–Kier alpha value is -2.84. The Balaban J connectivity index is 1.72. The highest BCUT2D eigenvalue weighted by Gasteiger charge is 2.27. The maximum Gasteiger partial charge on any atom is 0.273 e.